The van der Waals surface area contributed by atoms with Gasteiger partial charge in [-0.15, -0.1) is 0 Å². The van der Waals surface area contributed by atoms with E-state index in [9.17, 15) is 0 Å². The van der Waals surface area contributed by atoms with Crippen molar-refractivity contribution in [3.63, 3.8) is 0 Å². The number of hydrazine groups is 1. The molecule has 0 aromatic heterocycles. The molecule has 2 N–H and O–H groups in total. The minimum atomic E-state index is 0.352. The topological polar surface area (TPSA) is 38.5 Å². The average molecular weight is 232 g/mol. The molecule has 2 aliphatic rings. The fourth-order valence-corrected chi connectivity index (χ4v) is 3.11. The van der Waals surface area contributed by atoms with Crippen molar-refractivity contribution in [2.45, 2.75) is 38.1 Å². The SMILES string of the molecule is NN1c2ccccc2OCC1C1CCCCC1. The van der Waals surface area contributed by atoms with Gasteiger partial charge in [0.2, 0.25) is 0 Å². The predicted molar refractivity (Wildman–Crippen MR) is 69.0 cm³/mol. The van der Waals surface area contributed by atoms with Gasteiger partial charge < -0.3 is 9.75 Å². The first-order valence-corrected chi connectivity index (χ1v) is 6.62. The lowest BCUT2D eigenvalue weighted by molar-refractivity contribution is 0.191. The molecule has 1 fully saturated rings. The van der Waals surface area contributed by atoms with E-state index >= 15 is 0 Å². The van der Waals surface area contributed by atoms with Crippen LogP contribution in [0.5, 0.6) is 5.75 Å². The van der Waals surface area contributed by atoms with Crippen LogP contribution >= 0.6 is 0 Å². The number of para-hydroxylation sites is 2. The van der Waals surface area contributed by atoms with Gasteiger partial charge in [0.25, 0.3) is 0 Å². The third-order valence-corrected chi connectivity index (χ3v) is 4.10. The first-order valence-electron chi connectivity index (χ1n) is 6.62. The van der Waals surface area contributed by atoms with Crippen LogP contribution in [0.1, 0.15) is 32.1 Å². The molecule has 3 heteroatoms. The van der Waals surface area contributed by atoms with Gasteiger partial charge in [0.1, 0.15) is 12.4 Å². The third-order valence-electron chi connectivity index (χ3n) is 4.10. The van der Waals surface area contributed by atoms with Gasteiger partial charge in [-0.25, -0.2) is 5.84 Å². The van der Waals surface area contributed by atoms with Gasteiger partial charge in [-0.2, -0.15) is 0 Å². The Bertz CT molecular complexity index is 388. The highest BCUT2D eigenvalue weighted by Gasteiger charge is 2.32. The van der Waals surface area contributed by atoms with Crippen LogP contribution in [0.3, 0.4) is 0 Å². The number of nitrogens with zero attached hydrogens (tertiary/aromatic N) is 1. The van der Waals surface area contributed by atoms with Crippen LogP contribution in [0.25, 0.3) is 0 Å². The molecular weight excluding hydrogens is 212 g/mol. The van der Waals surface area contributed by atoms with E-state index in [1.165, 1.54) is 32.1 Å². The van der Waals surface area contributed by atoms with E-state index in [1.807, 2.05) is 29.3 Å². The van der Waals surface area contributed by atoms with Crippen LogP contribution in [0.15, 0.2) is 24.3 Å². The molecule has 1 aliphatic heterocycles. The molecule has 0 radical (unpaired) electrons. The monoisotopic (exact) mass is 232 g/mol. The van der Waals surface area contributed by atoms with Crippen molar-refractivity contribution in [2.24, 2.45) is 11.8 Å². The number of nitrogens with two attached hydrogens (primary N) is 1. The Kier molecular flexibility index (Phi) is 2.93. The zero-order valence-electron chi connectivity index (χ0n) is 10.1. The van der Waals surface area contributed by atoms with Gasteiger partial charge in [0, 0.05) is 0 Å². The molecule has 17 heavy (non-hydrogen) atoms. The van der Waals surface area contributed by atoms with E-state index in [-0.39, 0.29) is 0 Å². The number of hydrogen-bond acceptors (Lipinski definition) is 3. The van der Waals surface area contributed by atoms with Gasteiger partial charge in [0.15, 0.2) is 0 Å². The number of benzene rings is 1. The van der Waals surface area contributed by atoms with E-state index < -0.39 is 0 Å². The standard InChI is InChI=1S/C14H20N2O/c15-16-12-8-4-5-9-14(12)17-10-13(16)11-6-2-1-3-7-11/h4-5,8-9,11,13H,1-3,6-7,10,15H2. The van der Waals surface area contributed by atoms with Gasteiger partial charge >= 0.3 is 0 Å². The van der Waals surface area contributed by atoms with Crippen LogP contribution in [-0.4, -0.2) is 12.6 Å². The van der Waals surface area contributed by atoms with Crippen molar-refractivity contribution in [2.75, 3.05) is 11.6 Å². The molecule has 0 bridgehead atoms. The molecule has 1 saturated carbocycles. The normalized spacial score (nSPS) is 25.2. The van der Waals surface area contributed by atoms with Crippen molar-refractivity contribution in [1.29, 1.82) is 0 Å². The average Bonchev–Trinajstić information content (AvgIpc) is 2.40. The summed E-state index contributed by atoms with van der Waals surface area (Å²) in [5, 5.41) is 1.94. The highest BCUT2D eigenvalue weighted by molar-refractivity contribution is 5.59. The van der Waals surface area contributed by atoms with Crippen molar-refractivity contribution in [3.8, 4) is 5.75 Å². The molecule has 1 aromatic rings. The minimum Gasteiger partial charge on any atom is -0.489 e. The molecule has 92 valence electrons. The van der Waals surface area contributed by atoms with E-state index in [4.69, 9.17) is 10.6 Å². The quantitative estimate of drug-likeness (QED) is 0.757. The summed E-state index contributed by atoms with van der Waals surface area (Å²) in [4.78, 5) is 0. The molecule has 3 rings (SSSR count). The second-order valence-corrected chi connectivity index (χ2v) is 5.15. The molecule has 0 saturated heterocycles. The molecular formula is C14H20N2O. The lowest BCUT2D eigenvalue weighted by Crippen LogP contribution is -2.52. The van der Waals surface area contributed by atoms with Crippen LogP contribution in [-0.2, 0) is 0 Å². The maximum atomic E-state index is 6.27. The second-order valence-electron chi connectivity index (χ2n) is 5.15. The summed E-state index contributed by atoms with van der Waals surface area (Å²) >= 11 is 0. The van der Waals surface area contributed by atoms with Gasteiger partial charge in [-0.3, -0.25) is 0 Å². The van der Waals surface area contributed by atoms with Gasteiger partial charge in [-0.1, -0.05) is 31.4 Å². The number of hydrogen-bond donors (Lipinski definition) is 1. The largest absolute Gasteiger partial charge is 0.489 e. The molecule has 0 amide bonds. The Balaban J connectivity index is 1.81. The summed E-state index contributed by atoms with van der Waals surface area (Å²) in [6.45, 7) is 0.734. The van der Waals surface area contributed by atoms with Crippen molar-refractivity contribution >= 4 is 5.69 Å². The maximum Gasteiger partial charge on any atom is 0.144 e. The molecule has 1 aromatic carbocycles. The zero-order valence-corrected chi connectivity index (χ0v) is 10.1. The maximum absolute atomic E-state index is 6.27. The summed E-state index contributed by atoms with van der Waals surface area (Å²) in [5.41, 5.74) is 1.04. The fourth-order valence-electron chi connectivity index (χ4n) is 3.11. The highest BCUT2D eigenvalue weighted by atomic mass is 16.5. The predicted octanol–water partition coefficient (Wildman–Crippen LogP) is 2.71. The fraction of sp³-hybridized carbons (Fsp3) is 0.571. The lowest BCUT2D eigenvalue weighted by Gasteiger charge is -2.40. The first-order chi connectivity index (χ1) is 8.36. The van der Waals surface area contributed by atoms with Crippen molar-refractivity contribution < 1.29 is 4.74 Å². The number of rotatable bonds is 1. The van der Waals surface area contributed by atoms with E-state index in [1.54, 1.807) is 0 Å². The summed E-state index contributed by atoms with van der Waals surface area (Å²) < 4.78 is 5.84. The Hall–Kier alpha value is -1.22. The van der Waals surface area contributed by atoms with E-state index in [0.717, 1.165) is 18.0 Å². The number of anilines is 1. The third kappa shape index (κ3) is 2.00. The summed E-state index contributed by atoms with van der Waals surface area (Å²) in [6, 6.07) is 8.40. The molecule has 1 unspecified atom stereocenters. The Morgan fingerprint density at radius 2 is 1.88 bits per heavy atom. The number of fused-ring (bicyclic) bond motifs is 1. The summed E-state index contributed by atoms with van der Waals surface area (Å²) in [7, 11) is 0. The van der Waals surface area contributed by atoms with Crippen LogP contribution < -0.4 is 15.6 Å². The molecule has 1 aliphatic carbocycles. The smallest absolute Gasteiger partial charge is 0.144 e. The summed E-state index contributed by atoms with van der Waals surface area (Å²) in [6.07, 6.45) is 6.66. The van der Waals surface area contributed by atoms with Crippen LogP contribution in [0, 0.1) is 5.92 Å². The Morgan fingerprint density at radius 1 is 1.12 bits per heavy atom. The van der Waals surface area contributed by atoms with Crippen molar-refractivity contribution in [3.05, 3.63) is 24.3 Å². The van der Waals surface area contributed by atoms with Gasteiger partial charge in [-0.05, 0) is 30.9 Å². The molecule has 1 atom stereocenters. The van der Waals surface area contributed by atoms with Crippen LogP contribution in [0.2, 0.25) is 0 Å². The van der Waals surface area contributed by atoms with Gasteiger partial charge in [0.05, 0.1) is 11.7 Å². The molecule has 0 spiro atoms. The molecule has 1 heterocycles. The van der Waals surface area contributed by atoms with Crippen LogP contribution in [0.4, 0.5) is 5.69 Å². The zero-order chi connectivity index (χ0) is 11.7. The lowest BCUT2D eigenvalue weighted by atomic mass is 9.83. The first kappa shape index (κ1) is 10.9. The van der Waals surface area contributed by atoms with E-state index in [2.05, 4.69) is 0 Å². The molecule has 3 nitrogen and oxygen atoms in total. The Morgan fingerprint density at radius 3 is 2.71 bits per heavy atom. The number of ether oxygens (including phenoxy) is 1. The Labute approximate surface area is 103 Å². The summed E-state index contributed by atoms with van der Waals surface area (Å²) in [5.74, 6) is 7.89. The second kappa shape index (κ2) is 4.57. The van der Waals surface area contributed by atoms with Crippen molar-refractivity contribution in [1.82, 2.24) is 0 Å². The highest BCUT2D eigenvalue weighted by Crippen LogP contribution is 2.37. The van der Waals surface area contributed by atoms with E-state index in [0.29, 0.717) is 12.0 Å². The minimum absolute atomic E-state index is 0.352.